The standard InChI is InChI=1S/C70H92N4O8/c1-5-45-19-21-52-53(17-11-33-75)63-65(26-6-7-27-65)30-31-69(63)51-38-56(62-60(39-51)81-67(44-71-2)41-50(16-12-34-80-62)66(42-67)29-25-49-37-47-13-8-18-58(47)82-70(49,78)43-66)74-64(72-3)73-32-10-15-48-14-9-28-68(48,61(77)24-22-55(69)54(52)35-45)40-46-20-23-57(76)59(36-46)79-4/h20,22-25,29,36,38-39,45,47-50,52-55,58,63,71,75-76,78H,5-9,11,13-19,21,26-28,30-31,33,35,37,40-44H2,1-4H3,(H2,72,73,74). The van der Waals surface area contributed by atoms with Crippen molar-refractivity contribution in [2.24, 2.45) is 80.4 Å². The monoisotopic (exact) mass is 1120 g/mol. The van der Waals surface area contributed by atoms with E-state index >= 15 is 4.79 Å². The maximum atomic E-state index is 16.1. The summed E-state index contributed by atoms with van der Waals surface area (Å²) in [5.41, 5.74) is 0.764. The molecule has 16 unspecified atom stereocenters. The van der Waals surface area contributed by atoms with Crippen molar-refractivity contribution in [2.75, 3.05) is 39.7 Å². The van der Waals surface area contributed by atoms with E-state index in [0.717, 1.165) is 89.0 Å². The Hall–Kier alpha value is -4.98. The van der Waals surface area contributed by atoms with Crippen LogP contribution in [-0.2, 0) is 21.4 Å². The van der Waals surface area contributed by atoms with Crippen molar-refractivity contribution < 1.29 is 39.1 Å². The van der Waals surface area contributed by atoms with Crippen LogP contribution in [0.15, 0.2) is 59.6 Å². The molecule has 0 amide bonds. The van der Waals surface area contributed by atoms with E-state index in [1.807, 2.05) is 19.2 Å². The number of likely N-dealkylation sites (N-methyl/N-ethyl adjacent to an activating group) is 1. The zero-order valence-electron chi connectivity index (χ0n) is 49.5. The summed E-state index contributed by atoms with van der Waals surface area (Å²) in [5, 5.41) is 45.0. The van der Waals surface area contributed by atoms with Gasteiger partial charge in [0, 0.05) is 67.7 Å². The molecule has 0 radical (unpaired) electrons. The van der Waals surface area contributed by atoms with Gasteiger partial charge in [-0.15, -0.1) is 0 Å². The van der Waals surface area contributed by atoms with Crippen LogP contribution in [0.4, 0.5) is 5.69 Å². The largest absolute Gasteiger partial charge is 0.504 e. The number of carbonyl (C=O) groups excluding carboxylic acids is 1. The van der Waals surface area contributed by atoms with Gasteiger partial charge in [0.15, 0.2) is 28.8 Å². The van der Waals surface area contributed by atoms with E-state index in [1.54, 1.807) is 20.2 Å². The number of phenols is 1. The Morgan fingerprint density at radius 2 is 1.79 bits per heavy atom. The summed E-state index contributed by atoms with van der Waals surface area (Å²) in [5.74, 6) is 10.7. The number of aromatic hydroxyl groups is 1. The zero-order chi connectivity index (χ0) is 56.5. The molecule has 12 nitrogen and oxygen atoms in total. The van der Waals surface area contributed by atoms with Gasteiger partial charge in [-0.3, -0.25) is 15.1 Å². The number of methoxy groups -OCH3 is 1. The number of ketones is 1. The number of carbonyl (C=O) groups is 1. The molecule has 3 spiro atoms. The average Bonchev–Trinajstić information content (AvgIpc) is 1.99. The molecule has 4 bridgehead atoms. The fourth-order valence-electron chi connectivity index (χ4n) is 21.0. The Balaban J connectivity index is 1.00. The first-order valence-corrected chi connectivity index (χ1v) is 32.3. The highest BCUT2D eigenvalue weighted by Gasteiger charge is 2.69. The SMILES string of the molecule is CCC1CCC2C(C1)C1C=CC(=O)C3(Cc4ccc(O)c(OC)c4)CCCC3CC#CNC(=NC)Nc3cc(cc4c3OC#CCC3CC(CNC)(CC35C=CC3CC6CCCC6OC3(O)C5)O4)C13CCC1(CCCC1)C3C2CCCO. The molecule has 11 aliphatic rings. The molecule has 2 aromatic carbocycles. The molecule has 2 aromatic rings. The molecule has 440 valence electrons. The molecule has 13 rings (SSSR count). The van der Waals surface area contributed by atoms with E-state index < -0.39 is 27.6 Å². The minimum atomic E-state index is -1.25. The van der Waals surface area contributed by atoms with Gasteiger partial charge in [-0.05, 0) is 210 Å². The Bertz CT molecular complexity index is 2980. The number of aliphatic hydroxyl groups excluding tert-OH is 1. The third-order valence-corrected chi connectivity index (χ3v) is 24.4. The van der Waals surface area contributed by atoms with E-state index in [0.29, 0.717) is 103 Å². The third kappa shape index (κ3) is 9.41. The number of guanidine groups is 1. The van der Waals surface area contributed by atoms with Crippen LogP contribution < -0.4 is 30.2 Å². The number of aliphatic imine (C=N–C) groups is 1. The Morgan fingerprint density at radius 1 is 0.927 bits per heavy atom. The van der Waals surface area contributed by atoms with Crippen molar-refractivity contribution in [3.63, 3.8) is 0 Å². The normalized spacial score (nSPS) is 40.7. The van der Waals surface area contributed by atoms with Gasteiger partial charge in [0.1, 0.15) is 11.7 Å². The number of anilines is 1. The van der Waals surface area contributed by atoms with Crippen molar-refractivity contribution in [3.05, 3.63) is 65.8 Å². The molecular formula is C70H92N4O8. The van der Waals surface area contributed by atoms with Crippen LogP contribution in [0.1, 0.15) is 172 Å². The number of ether oxygens (including phenoxy) is 4. The number of rotatable bonds is 9. The summed E-state index contributed by atoms with van der Waals surface area (Å²) < 4.78 is 27.3. The lowest BCUT2D eigenvalue weighted by Crippen LogP contribution is -2.58. The van der Waals surface area contributed by atoms with Crippen LogP contribution in [0.5, 0.6) is 23.0 Å². The predicted molar refractivity (Wildman–Crippen MR) is 319 cm³/mol. The molecule has 12 heteroatoms. The topological polar surface area (TPSA) is 163 Å². The highest BCUT2D eigenvalue weighted by atomic mass is 16.6. The van der Waals surface area contributed by atoms with Crippen molar-refractivity contribution in [1.82, 2.24) is 10.6 Å². The van der Waals surface area contributed by atoms with Crippen molar-refractivity contribution >= 4 is 17.4 Å². The molecule has 7 saturated carbocycles. The molecule has 16 atom stereocenters. The fourth-order valence-corrected chi connectivity index (χ4v) is 21.0. The van der Waals surface area contributed by atoms with Crippen molar-refractivity contribution in [1.29, 1.82) is 0 Å². The minimum absolute atomic E-state index is 0.00445. The molecule has 6 N–H and O–H groups in total. The van der Waals surface area contributed by atoms with E-state index in [9.17, 15) is 15.3 Å². The van der Waals surface area contributed by atoms with Crippen LogP contribution in [0, 0.1) is 99.4 Å². The number of benzene rings is 2. The summed E-state index contributed by atoms with van der Waals surface area (Å²) >= 11 is 0. The number of aliphatic hydroxyl groups is 2. The first-order chi connectivity index (χ1) is 39.9. The van der Waals surface area contributed by atoms with Crippen molar-refractivity contribution in [2.45, 2.75) is 190 Å². The maximum Gasteiger partial charge on any atom is 0.207 e. The van der Waals surface area contributed by atoms with Gasteiger partial charge in [-0.2, -0.15) is 0 Å². The summed E-state index contributed by atoms with van der Waals surface area (Å²) in [6.45, 7) is 3.13. The molecule has 82 heavy (non-hydrogen) atoms. The molecule has 8 aliphatic carbocycles. The lowest BCUT2D eigenvalue weighted by molar-refractivity contribution is -0.299. The minimum Gasteiger partial charge on any atom is -0.504 e. The highest BCUT2D eigenvalue weighted by Crippen LogP contribution is 2.74. The van der Waals surface area contributed by atoms with Gasteiger partial charge >= 0.3 is 0 Å². The summed E-state index contributed by atoms with van der Waals surface area (Å²) in [4.78, 5) is 20.9. The summed E-state index contributed by atoms with van der Waals surface area (Å²) in [7, 11) is 5.38. The van der Waals surface area contributed by atoms with E-state index in [-0.39, 0.29) is 53.3 Å². The number of nitrogens with one attached hydrogen (secondary N) is 3. The molecule has 8 fully saturated rings. The first-order valence-electron chi connectivity index (χ1n) is 32.3. The summed E-state index contributed by atoms with van der Waals surface area (Å²) in [6, 6.07) is 13.6. The second kappa shape index (κ2) is 22.1. The third-order valence-electron chi connectivity index (χ3n) is 24.4. The fraction of sp³-hybridized carbons (Fsp3) is 0.686. The van der Waals surface area contributed by atoms with Crippen LogP contribution in [0.3, 0.4) is 0 Å². The molecule has 3 heterocycles. The van der Waals surface area contributed by atoms with E-state index in [2.05, 4.69) is 83.3 Å². The van der Waals surface area contributed by atoms with Gasteiger partial charge in [0.2, 0.25) is 11.7 Å². The van der Waals surface area contributed by atoms with Crippen LogP contribution >= 0.6 is 0 Å². The van der Waals surface area contributed by atoms with Crippen molar-refractivity contribution in [3.8, 4) is 47.0 Å². The predicted octanol–water partition coefficient (Wildman–Crippen LogP) is 11.9. The second-order valence-corrected chi connectivity index (χ2v) is 28.2. The quantitative estimate of drug-likeness (QED) is 0.105. The average molecular weight is 1120 g/mol. The van der Waals surface area contributed by atoms with E-state index in [4.69, 9.17) is 23.9 Å². The zero-order valence-corrected chi connectivity index (χ0v) is 49.5. The lowest BCUT2D eigenvalue weighted by Gasteiger charge is -2.62. The molecule has 1 saturated heterocycles. The molecule has 3 aliphatic heterocycles. The number of hydrogen-bond donors (Lipinski definition) is 6. The molecular weight excluding hydrogens is 1020 g/mol. The van der Waals surface area contributed by atoms with Crippen LogP contribution in [-0.4, -0.2) is 78.9 Å². The Morgan fingerprint density at radius 3 is 2.61 bits per heavy atom. The van der Waals surface area contributed by atoms with E-state index in [1.165, 1.54) is 50.5 Å². The van der Waals surface area contributed by atoms with Gasteiger partial charge in [-0.1, -0.05) is 81.6 Å². The van der Waals surface area contributed by atoms with Gasteiger partial charge < -0.3 is 44.9 Å². The summed E-state index contributed by atoms with van der Waals surface area (Å²) in [6.07, 6.45) is 36.4. The highest BCUT2D eigenvalue weighted by molar-refractivity contribution is 5.97. The lowest BCUT2D eigenvalue weighted by atomic mass is 9.42. The smallest absolute Gasteiger partial charge is 0.207 e. The van der Waals surface area contributed by atoms with Gasteiger partial charge in [-0.25, -0.2) is 0 Å². The number of nitrogens with zero attached hydrogens (tertiary/aromatic N) is 1. The number of fused-ring (bicyclic) bond motifs is 13. The van der Waals surface area contributed by atoms with Crippen LogP contribution in [0.2, 0.25) is 0 Å². The Labute approximate surface area is 488 Å². The molecule has 0 aromatic heterocycles. The second-order valence-electron chi connectivity index (χ2n) is 28.2. The number of phenolic OH excluding ortho intramolecular Hbond substituents is 1. The van der Waals surface area contributed by atoms with Crippen LogP contribution in [0.25, 0.3) is 0 Å². The maximum absolute atomic E-state index is 16.1. The Kier molecular flexibility index (Phi) is 15.2. The number of hydrogen-bond acceptors (Lipinski definition) is 10. The number of allylic oxidation sites excluding steroid dienone is 3. The van der Waals surface area contributed by atoms with Gasteiger partial charge in [0.25, 0.3) is 0 Å². The first kappa shape index (κ1) is 56.2. The van der Waals surface area contributed by atoms with Gasteiger partial charge in [0.05, 0.1) is 18.9 Å².